The van der Waals surface area contributed by atoms with Crippen LogP contribution in [0.25, 0.3) is 5.65 Å². The van der Waals surface area contributed by atoms with E-state index in [0.717, 1.165) is 61.5 Å². The first kappa shape index (κ1) is 15.7. The Balaban J connectivity index is 1.24. The van der Waals surface area contributed by atoms with Crippen LogP contribution >= 0.6 is 0 Å². The van der Waals surface area contributed by atoms with Crippen molar-refractivity contribution in [2.75, 3.05) is 25.0 Å². The molecule has 0 bridgehead atoms. The van der Waals surface area contributed by atoms with E-state index < -0.39 is 0 Å². The van der Waals surface area contributed by atoms with Crippen molar-refractivity contribution in [3.63, 3.8) is 0 Å². The van der Waals surface area contributed by atoms with Crippen LogP contribution in [0.1, 0.15) is 30.3 Å². The number of aryl methyl sites for hydroxylation is 2. The molecule has 0 radical (unpaired) electrons. The maximum atomic E-state index is 4.66. The lowest BCUT2D eigenvalue weighted by atomic mass is 10.1. The van der Waals surface area contributed by atoms with Gasteiger partial charge in [-0.1, -0.05) is 0 Å². The monoisotopic (exact) mass is 353 g/mol. The van der Waals surface area contributed by atoms with Crippen molar-refractivity contribution in [2.24, 2.45) is 0 Å². The predicted octanol–water partition coefficient (Wildman–Crippen LogP) is 0.681. The summed E-state index contributed by atoms with van der Waals surface area (Å²) in [7, 11) is 2.17. The molecule has 0 atom stereocenters. The van der Waals surface area contributed by atoms with Crippen LogP contribution in [0.4, 0.5) is 5.82 Å². The molecular formula is C17H23N9. The Hall–Kier alpha value is -2.55. The highest BCUT2D eigenvalue weighted by Gasteiger charge is 2.32. The topological polar surface area (TPSA) is 80.3 Å². The Morgan fingerprint density at radius 3 is 2.88 bits per heavy atom. The highest BCUT2D eigenvalue weighted by Crippen LogP contribution is 2.23. The molecule has 9 heteroatoms. The Morgan fingerprint density at radius 1 is 1.12 bits per heavy atom. The van der Waals surface area contributed by atoms with Gasteiger partial charge < -0.3 is 9.47 Å². The van der Waals surface area contributed by atoms with E-state index in [4.69, 9.17) is 0 Å². The van der Waals surface area contributed by atoms with Gasteiger partial charge in [0.05, 0.1) is 6.54 Å². The molecule has 1 saturated heterocycles. The average molecular weight is 353 g/mol. The third-order valence-electron chi connectivity index (χ3n) is 5.54. The number of hydrogen-bond acceptors (Lipinski definition) is 7. The predicted molar refractivity (Wildman–Crippen MR) is 95.9 cm³/mol. The Bertz CT molecular complexity index is 937. The van der Waals surface area contributed by atoms with Gasteiger partial charge in [0.2, 0.25) is 0 Å². The van der Waals surface area contributed by atoms with Gasteiger partial charge in [0.15, 0.2) is 11.5 Å². The van der Waals surface area contributed by atoms with Gasteiger partial charge in [0.1, 0.15) is 17.5 Å². The largest absolute Gasteiger partial charge is 0.352 e. The first-order valence-electron chi connectivity index (χ1n) is 9.24. The van der Waals surface area contributed by atoms with Gasteiger partial charge in [-0.2, -0.15) is 4.52 Å². The molecule has 3 aromatic heterocycles. The van der Waals surface area contributed by atoms with Crippen LogP contribution < -0.4 is 4.90 Å². The number of likely N-dealkylation sites (N-methyl/N-ethyl adjacent to an activating group) is 1. The highest BCUT2D eigenvalue weighted by molar-refractivity contribution is 5.47. The number of anilines is 1. The minimum absolute atomic E-state index is 0.506. The second-order valence-corrected chi connectivity index (χ2v) is 7.32. The maximum absolute atomic E-state index is 4.66. The minimum Gasteiger partial charge on any atom is -0.352 e. The van der Waals surface area contributed by atoms with Crippen molar-refractivity contribution in [1.82, 2.24) is 39.5 Å². The summed E-state index contributed by atoms with van der Waals surface area (Å²) in [5, 5.41) is 21.6. The van der Waals surface area contributed by atoms with Crippen LogP contribution in [0.5, 0.6) is 0 Å². The Labute approximate surface area is 151 Å². The van der Waals surface area contributed by atoms with E-state index in [1.54, 1.807) is 4.52 Å². The van der Waals surface area contributed by atoms with Crippen molar-refractivity contribution < 1.29 is 0 Å². The molecule has 0 saturated carbocycles. The second kappa shape index (κ2) is 6.01. The molecule has 3 aromatic rings. The lowest BCUT2D eigenvalue weighted by molar-refractivity contribution is 0.189. The molecule has 1 fully saturated rings. The van der Waals surface area contributed by atoms with Gasteiger partial charge in [-0.15, -0.1) is 25.5 Å². The van der Waals surface area contributed by atoms with Crippen LogP contribution in [0.15, 0.2) is 12.1 Å². The molecule has 0 unspecified atom stereocenters. The number of fused-ring (bicyclic) bond motifs is 2. The molecule has 5 rings (SSSR count). The van der Waals surface area contributed by atoms with E-state index in [1.165, 1.54) is 12.8 Å². The van der Waals surface area contributed by atoms with Crippen molar-refractivity contribution in [3.05, 3.63) is 29.6 Å². The van der Waals surface area contributed by atoms with Gasteiger partial charge in [-0.3, -0.25) is 4.90 Å². The minimum atomic E-state index is 0.506. The Kier molecular flexibility index (Phi) is 3.63. The quantitative estimate of drug-likeness (QED) is 0.682. The maximum Gasteiger partial charge on any atom is 0.178 e. The fourth-order valence-corrected chi connectivity index (χ4v) is 3.81. The first-order valence-corrected chi connectivity index (χ1v) is 9.24. The second-order valence-electron chi connectivity index (χ2n) is 7.32. The zero-order valence-electron chi connectivity index (χ0n) is 15.2. The van der Waals surface area contributed by atoms with E-state index in [0.29, 0.717) is 6.04 Å². The zero-order valence-corrected chi connectivity index (χ0v) is 15.2. The number of nitrogens with zero attached hydrogens (tertiary/aromatic N) is 9. The van der Waals surface area contributed by atoms with Gasteiger partial charge in [-0.25, -0.2) is 0 Å². The van der Waals surface area contributed by atoms with Gasteiger partial charge in [-0.05, 0) is 38.9 Å². The third-order valence-corrected chi connectivity index (χ3v) is 5.54. The van der Waals surface area contributed by atoms with Crippen LogP contribution in [0, 0.1) is 6.92 Å². The summed E-state index contributed by atoms with van der Waals surface area (Å²) in [4.78, 5) is 4.67. The van der Waals surface area contributed by atoms with Crippen molar-refractivity contribution in [2.45, 2.75) is 45.3 Å². The molecule has 0 aromatic carbocycles. The SMILES string of the molecule is Cc1nnc2ccc(N3CC(N(C)Cc4nnc5n4CCCC5)C3)nn12. The lowest BCUT2D eigenvalue weighted by Gasteiger charge is -2.44. The van der Waals surface area contributed by atoms with Crippen molar-refractivity contribution in [3.8, 4) is 0 Å². The molecule has 136 valence electrons. The fraction of sp³-hybridized carbons (Fsp3) is 0.588. The van der Waals surface area contributed by atoms with Crippen LogP contribution in [0.2, 0.25) is 0 Å². The molecule has 2 aliphatic heterocycles. The molecule has 0 N–H and O–H groups in total. The van der Waals surface area contributed by atoms with E-state index in [-0.39, 0.29) is 0 Å². The van der Waals surface area contributed by atoms with E-state index in [1.807, 2.05) is 19.1 Å². The average Bonchev–Trinajstić information content (AvgIpc) is 3.18. The summed E-state index contributed by atoms with van der Waals surface area (Å²) in [5.41, 5.74) is 0.789. The van der Waals surface area contributed by atoms with Gasteiger partial charge in [0, 0.05) is 32.1 Å². The summed E-state index contributed by atoms with van der Waals surface area (Å²) in [6, 6.07) is 4.50. The summed E-state index contributed by atoms with van der Waals surface area (Å²) in [5.74, 6) is 4.04. The molecule has 2 aliphatic rings. The molecule has 0 spiro atoms. The van der Waals surface area contributed by atoms with E-state index in [2.05, 4.69) is 46.9 Å². The summed E-state index contributed by atoms with van der Waals surface area (Å²) >= 11 is 0. The molecular weight excluding hydrogens is 330 g/mol. The van der Waals surface area contributed by atoms with Crippen molar-refractivity contribution in [1.29, 1.82) is 0 Å². The van der Waals surface area contributed by atoms with Crippen LogP contribution in [0.3, 0.4) is 0 Å². The summed E-state index contributed by atoms with van der Waals surface area (Å²) in [6.07, 6.45) is 3.52. The van der Waals surface area contributed by atoms with Gasteiger partial charge >= 0.3 is 0 Å². The first-order chi connectivity index (χ1) is 12.7. The van der Waals surface area contributed by atoms with Crippen LogP contribution in [-0.4, -0.2) is 65.7 Å². The van der Waals surface area contributed by atoms with Gasteiger partial charge in [0.25, 0.3) is 0 Å². The molecule has 0 amide bonds. The number of hydrogen-bond donors (Lipinski definition) is 0. The summed E-state index contributed by atoms with van der Waals surface area (Å²) < 4.78 is 4.11. The van der Waals surface area contributed by atoms with E-state index in [9.17, 15) is 0 Å². The smallest absolute Gasteiger partial charge is 0.178 e. The normalized spacial score (nSPS) is 17.7. The standard InChI is InChI=1S/C17H23N9/c1-12-18-20-15-6-7-16(22-26(12)15)24-9-13(10-24)23(2)11-17-21-19-14-5-3-4-8-25(14)17/h6-7,13H,3-5,8-11H2,1-2H3. The third kappa shape index (κ3) is 2.54. The Morgan fingerprint density at radius 2 is 2.00 bits per heavy atom. The van der Waals surface area contributed by atoms with Crippen molar-refractivity contribution >= 4 is 11.5 Å². The summed E-state index contributed by atoms with van der Waals surface area (Å²) in [6.45, 7) is 5.77. The number of rotatable bonds is 4. The zero-order chi connectivity index (χ0) is 17.7. The molecule has 0 aliphatic carbocycles. The van der Waals surface area contributed by atoms with E-state index >= 15 is 0 Å². The van der Waals surface area contributed by atoms with Crippen LogP contribution in [-0.2, 0) is 19.5 Å². The highest BCUT2D eigenvalue weighted by atomic mass is 15.4. The molecule has 9 nitrogen and oxygen atoms in total. The number of aromatic nitrogens is 7. The molecule has 26 heavy (non-hydrogen) atoms. The molecule has 5 heterocycles. The fourth-order valence-electron chi connectivity index (χ4n) is 3.81. The lowest BCUT2D eigenvalue weighted by Crippen LogP contribution is -2.58.